The Kier molecular flexibility index (Phi) is 4.35. The van der Waals surface area contributed by atoms with E-state index in [-0.39, 0.29) is 23.8 Å². The molecule has 0 saturated carbocycles. The van der Waals surface area contributed by atoms with Crippen LogP contribution in [0.15, 0.2) is 30.3 Å². The summed E-state index contributed by atoms with van der Waals surface area (Å²) in [6, 6.07) is 8.85. The third-order valence-electron chi connectivity index (χ3n) is 4.49. The Morgan fingerprint density at radius 3 is 2.43 bits per heavy atom. The lowest BCUT2D eigenvalue weighted by Crippen LogP contribution is -2.55. The van der Waals surface area contributed by atoms with E-state index in [2.05, 4.69) is 33.0 Å². The molecule has 1 atom stereocenters. The molecule has 1 aromatic carbocycles. The number of rotatable bonds is 4. The van der Waals surface area contributed by atoms with Crippen molar-refractivity contribution in [2.24, 2.45) is 11.3 Å². The van der Waals surface area contributed by atoms with Gasteiger partial charge in [-0.05, 0) is 16.9 Å². The number of nitrogens with zero attached hydrogens (tertiary/aromatic N) is 1. The summed E-state index contributed by atoms with van der Waals surface area (Å²) in [5.41, 5.74) is 0.817. The Morgan fingerprint density at radius 2 is 1.86 bits per heavy atom. The third-order valence-corrected chi connectivity index (χ3v) is 4.49. The van der Waals surface area contributed by atoms with Crippen molar-refractivity contribution in [1.29, 1.82) is 0 Å². The predicted octanol–water partition coefficient (Wildman–Crippen LogP) is 2.37. The zero-order chi connectivity index (χ0) is 15.6. The van der Waals surface area contributed by atoms with E-state index in [0.717, 1.165) is 5.56 Å². The van der Waals surface area contributed by atoms with E-state index in [4.69, 9.17) is 0 Å². The van der Waals surface area contributed by atoms with E-state index < -0.39 is 6.04 Å². The molecule has 0 spiro atoms. The van der Waals surface area contributed by atoms with Gasteiger partial charge in [0, 0.05) is 6.54 Å². The van der Waals surface area contributed by atoms with Crippen molar-refractivity contribution < 1.29 is 9.59 Å². The quantitative estimate of drug-likeness (QED) is 0.924. The first-order chi connectivity index (χ1) is 9.81. The summed E-state index contributed by atoms with van der Waals surface area (Å²) in [6.45, 7) is 9.30. The molecule has 0 aliphatic carbocycles. The van der Waals surface area contributed by atoms with Gasteiger partial charge in [-0.2, -0.15) is 0 Å². The lowest BCUT2D eigenvalue weighted by Gasteiger charge is -2.39. The third kappa shape index (κ3) is 3.43. The average Bonchev–Trinajstić information content (AvgIpc) is 2.43. The molecule has 0 bridgehead atoms. The first kappa shape index (κ1) is 15.5. The van der Waals surface area contributed by atoms with Crippen LogP contribution in [0.25, 0.3) is 0 Å². The Bertz CT molecular complexity index is 523. The molecule has 114 valence electrons. The van der Waals surface area contributed by atoms with E-state index in [0.29, 0.717) is 12.5 Å². The number of benzene rings is 1. The Balaban J connectivity index is 2.20. The summed E-state index contributed by atoms with van der Waals surface area (Å²) in [5, 5.41) is 2.80. The first-order valence-corrected chi connectivity index (χ1v) is 7.44. The molecule has 2 amide bonds. The maximum absolute atomic E-state index is 12.7. The summed E-state index contributed by atoms with van der Waals surface area (Å²) < 4.78 is 0. The van der Waals surface area contributed by atoms with E-state index in [1.807, 2.05) is 30.3 Å². The predicted molar refractivity (Wildman–Crippen MR) is 82.5 cm³/mol. The van der Waals surface area contributed by atoms with Crippen molar-refractivity contribution in [1.82, 2.24) is 10.2 Å². The van der Waals surface area contributed by atoms with Crippen LogP contribution in [0.4, 0.5) is 0 Å². The lowest BCUT2D eigenvalue weighted by molar-refractivity contribution is -0.146. The smallest absolute Gasteiger partial charge is 0.250 e. The second-order valence-electron chi connectivity index (χ2n) is 6.75. The van der Waals surface area contributed by atoms with Gasteiger partial charge >= 0.3 is 0 Å². The number of carbonyl (C=O) groups is 2. The zero-order valence-corrected chi connectivity index (χ0v) is 13.2. The van der Waals surface area contributed by atoms with E-state index in [1.54, 1.807) is 4.90 Å². The van der Waals surface area contributed by atoms with Crippen LogP contribution < -0.4 is 5.32 Å². The molecule has 1 unspecified atom stereocenters. The molecule has 4 nitrogen and oxygen atoms in total. The number of amides is 2. The molecule has 1 N–H and O–H groups in total. The molecular weight excluding hydrogens is 264 g/mol. The Labute approximate surface area is 126 Å². The fourth-order valence-corrected chi connectivity index (χ4v) is 2.38. The average molecular weight is 288 g/mol. The van der Waals surface area contributed by atoms with Gasteiger partial charge < -0.3 is 10.2 Å². The minimum Gasteiger partial charge on any atom is -0.339 e. The van der Waals surface area contributed by atoms with Gasteiger partial charge in [0.2, 0.25) is 11.8 Å². The second kappa shape index (κ2) is 5.88. The number of hydrogen-bond donors (Lipinski definition) is 1. The first-order valence-electron chi connectivity index (χ1n) is 7.44. The van der Waals surface area contributed by atoms with Crippen LogP contribution in [0.5, 0.6) is 0 Å². The van der Waals surface area contributed by atoms with Crippen molar-refractivity contribution in [2.45, 2.75) is 33.7 Å². The second-order valence-corrected chi connectivity index (χ2v) is 6.75. The van der Waals surface area contributed by atoms with Gasteiger partial charge in [-0.25, -0.2) is 0 Å². The van der Waals surface area contributed by atoms with Gasteiger partial charge in [-0.3, -0.25) is 9.59 Å². The number of nitrogens with one attached hydrogen (secondary N) is 1. The zero-order valence-electron chi connectivity index (χ0n) is 13.2. The van der Waals surface area contributed by atoms with Crippen LogP contribution in [-0.4, -0.2) is 29.8 Å². The van der Waals surface area contributed by atoms with Crippen molar-refractivity contribution >= 4 is 11.8 Å². The minimum absolute atomic E-state index is 0.0190. The molecule has 0 aromatic heterocycles. The van der Waals surface area contributed by atoms with Gasteiger partial charge in [-0.15, -0.1) is 0 Å². The van der Waals surface area contributed by atoms with Crippen molar-refractivity contribution in [3.63, 3.8) is 0 Å². The fraction of sp³-hybridized carbons (Fsp3) is 0.529. The topological polar surface area (TPSA) is 49.4 Å². The summed E-state index contributed by atoms with van der Waals surface area (Å²) in [5.74, 6) is 0.322. The molecule has 21 heavy (non-hydrogen) atoms. The SMILES string of the molecule is CC(C)C(C)(C)CN1CC(=O)NC(c2ccccc2)C1=O. The normalized spacial score (nSPS) is 19.9. The summed E-state index contributed by atoms with van der Waals surface area (Å²) >= 11 is 0. The van der Waals surface area contributed by atoms with Gasteiger partial charge in [0.15, 0.2) is 0 Å². The van der Waals surface area contributed by atoms with Crippen LogP contribution in [0, 0.1) is 11.3 Å². The van der Waals surface area contributed by atoms with Crippen LogP contribution in [0.1, 0.15) is 39.3 Å². The molecule has 2 rings (SSSR count). The van der Waals surface area contributed by atoms with Crippen LogP contribution >= 0.6 is 0 Å². The molecule has 1 heterocycles. The minimum atomic E-state index is -0.560. The summed E-state index contributed by atoms with van der Waals surface area (Å²) in [4.78, 5) is 26.3. The summed E-state index contributed by atoms with van der Waals surface area (Å²) in [7, 11) is 0. The molecule has 1 fully saturated rings. The van der Waals surface area contributed by atoms with Crippen molar-refractivity contribution in [3.8, 4) is 0 Å². The van der Waals surface area contributed by atoms with Crippen LogP contribution in [-0.2, 0) is 9.59 Å². The van der Waals surface area contributed by atoms with Crippen molar-refractivity contribution in [3.05, 3.63) is 35.9 Å². The van der Waals surface area contributed by atoms with Gasteiger partial charge in [0.05, 0.1) is 6.54 Å². The number of hydrogen-bond acceptors (Lipinski definition) is 2. The van der Waals surface area contributed by atoms with Crippen molar-refractivity contribution in [2.75, 3.05) is 13.1 Å². The van der Waals surface area contributed by atoms with E-state index in [9.17, 15) is 9.59 Å². The lowest BCUT2D eigenvalue weighted by atomic mass is 9.80. The largest absolute Gasteiger partial charge is 0.339 e. The Morgan fingerprint density at radius 1 is 1.24 bits per heavy atom. The Hall–Kier alpha value is -1.84. The molecular formula is C17H24N2O2. The molecule has 4 heteroatoms. The highest BCUT2D eigenvalue weighted by Crippen LogP contribution is 2.29. The molecule has 1 saturated heterocycles. The van der Waals surface area contributed by atoms with E-state index in [1.165, 1.54) is 0 Å². The fourth-order valence-electron chi connectivity index (χ4n) is 2.38. The molecule has 1 aromatic rings. The van der Waals surface area contributed by atoms with Gasteiger partial charge in [0.1, 0.15) is 6.04 Å². The standard InChI is InChI=1S/C17H24N2O2/c1-12(2)17(3,4)11-19-10-14(20)18-15(16(19)21)13-8-6-5-7-9-13/h5-9,12,15H,10-11H2,1-4H3,(H,18,20). The van der Waals surface area contributed by atoms with Gasteiger partial charge in [-0.1, -0.05) is 58.0 Å². The number of carbonyl (C=O) groups excluding carboxylic acids is 2. The maximum Gasteiger partial charge on any atom is 0.250 e. The van der Waals surface area contributed by atoms with E-state index >= 15 is 0 Å². The highest BCUT2D eigenvalue weighted by atomic mass is 16.2. The van der Waals surface area contributed by atoms with Crippen LogP contribution in [0.3, 0.4) is 0 Å². The van der Waals surface area contributed by atoms with Crippen LogP contribution in [0.2, 0.25) is 0 Å². The molecule has 1 aliphatic rings. The monoisotopic (exact) mass is 288 g/mol. The number of piperazine rings is 1. The maximum atomic E-state index is 12.7. The molecule has 1 aliphatic heterocycles. The molecule has 0 radical (unpaired) electrons. The van der Waals surface area contributed by atoms with Gasteiger partial charge in [0.25, 0.3) is 0 Å². The summed E-state index contributed by atoms with van der Waals surface area (Å²) in [6.07, 6.45) is 0. The highest BCUT2D eigenvalue weighted by molar-refractivity contribution is 5.95. The highest BCUT2D eigenvalue weighted by Gasteiger charge is 2.37.